The fourth-order valence-corrected chi connectivity index (χ4v) is 7.03. The average molecular weight is 778 g/mol. The van der Waals surface area contributed by atoms with Crippen LogP contribution in [0, 0.1) is 0 Å². The molecular weight excluding hydrogens is 726 g/mol. The first-order valence-corrected chi connectivity index (χ1v) is 17.6. The van der Waals surface area contributed by atoms with E-state index in [9.17, 15) is 61.0 Å². The number of benzene rings is 1. The molecule has 3 saturated heterocycles. The number of aliphatic hydroxyl groups is 11. The number of hydrogen-bond acceptors (Lipinski definition) is 20. The molecule has 0 bridgehead atoms. The summed E-state index contributed by atoms with van der Waals surface area (Å²) in [7, 11) is 1.19. The molecule has 12 N–H and O–H groups in total. The van der Waals surface area contributed by atoms with E-state index in [4.69, 9.17) is 28.4 Å². The van der Waals surface area contributed by atoms with E-state index in [0.29, 0.717) is 12.0 Å². The molecule has 0 amide bonds. The van der Waals surface area contributed by atoms with Crippen molar-refractivity contribution in [3.8, 4) is 5.75 Å². The van der Waals surface area contributed by atoms with Gasteiger partial charge < -0.3 is 94.6 Å². The standard InChI is InChI=1S/C34H51NO19/c1-4-13-9-16(21(39)23(41)20(13)38)35-19-12(2)49-32(26(44)22(19)40)53-29-18(11-37)52-34(28(46)25(29)43)54-30-17(10-36)51-33(27(45)24(30)42)50-15-7-5-6-14(8-15)31(47)48-3/h5-9,12,16-30,32-46H,4,10-11H2,1-3H3. The molecule has 0 aromatic heterocycles. The minimum Gasteiger partial charge on any atom is -0.465 e. The fraction of sp³-hybridized carbons (Fsp3) is 0.735. The lowest BCUT2D eigenvalue weighted by molar-refractivity contribution is -0.372. The van der Waals surface area contributed by atoms with Crippen molar-refractivity contribution in [1.82, 2.24) is 5.32 Å². The minimum absolute atomic E-state index is 0.0586. The molecule has 0 radical (unpaired) electrons. The van der Waals surface area contributed by atoms with Gasteiger partial charge in [-0.05, 0) is 37.1 Å². The summed E-state index contributed by atoms with van der Waals surface area (Å²) in [6.07, 6.45) is -25.2. The van der Waals surface area contributed by atoms with Gasteiger partial charge in [-0.2, -0.15) is 0 Å². The summed E-state index contributed by atoms with van der Waals surface area (Å²) in [5.41, 5.74) is 0.585. The van der Waals surface area contributed by atoms with Gasteiger partial charge in [-0.1, -0.05) is 19.1 Å². The minimum atomic E-state index is -1.96. The highest BCUT2D eigenvalue weighted by Gasteiger charge is 2.54. The SMILES string of the molecule is CCC1=CC(NC2C(C)OC(OC3C(CO)OC(OC4C(CO)OC(Oc5cccc(C(=O)OC)c5)C(O)C4O)C(O)C3O)C(O)C2O)C(O)C(O)C1O. The fourth-order valence-electron chi connectivity index (χ4n) is 7.03. The van der Waals surface area contributed by atoms with Crippen LogP contribution in [0.4, 0.5) is 0 Å². The van der Waals surface area contributed by atoms with E-state index >= 15 is 0 Å². The van der Waals surface area contributed by atoms with Gasteiger partial charge in [-0.15, -0.1) is 0 Å². The molecule has 3 heterocycles. The predicted octanol–water partition coefficient (Wildman–Crippen LogP) is -5.27. The van der Waals surface area contributed by atoms with Gasteiger partial charge in [0.25, 0.3) is 0 Å². The number of carbonyl (C=O) groups is 1. The van der Waals surface area contributed by atoms with E-state index in [-0.39, 0.29) is 11.3 Å². The predicted molar refractivity (Wildman–Crippen MR) is 177 cm³/mol. The Hall–Kier alpha value is -2.45. The van der Waals surface area contributed by atoms with Gasteiger partial charge in [0.1, 0.15) is 85.1 Å². The van der Waals surface area contributed by atoms with Crippen LogP contribution < -0.4 is 10.1 Å². The maximum absolute atomic E-state index is 11.9. The van der Waals surface area contributed by atoms with Crippen molar-refractivity contribution in [2.24, 2.45) is 0 Å². The van der Waals surface area contributed by atoms with Crippen LogP contribution in [0.5, 0.6) is 5.75 Å². The first-order chi connectivity index (χ1) is 25.6. The third kappa shape index (κ3) is 8.75. The van der Waals surface area contributed by atoms with Crippen LogP contribution >= 0.6 is 0 Å². The topological polar surface area (TPSA) is 316 Å². The highest BCUT2D eigenvalue weighted by atomic mass is 16.8. The summed E-state index contributed by atoms with van der Waals surface area (Å²) in [4.78, 5) is 11.9. The number of aliphatic hydroxyl groups excluding tert-OH is 11. The van der Waals surface area contributed by atoms with Crippen molar-refractivity contribution in [3.05, 3.63) is 41.5 Å². The second-order valence-electron chi connectivity index (χ2n) is 13.7. The first-order valence-electron chi connectivity index (χ1n) is 17.6. The summed E-state index contributed by atoms with van der Waals surface area (Å²) in [5.74, 6) is -0.599. The highest BCUT2D eigenvalue weighted by molar-refractivity contribution is 5.89. The smallest absolute Gasteiger partial charge is 0.337 e. The van der Waals surface area contributed by atoms with Crippen molar-refractivity contribution < 1.29 is 94.1 Å². The second-order valence-corrected chi connectivity index (χ2v) is 13.7. The van der Waals surface area contributed by atoms with E-state index in [0.717, 1.165) is 0 Å². The van der Waals surface area contributed by atoms with E-state index in [2.05, 4.69) is 10.1 Å². The first kappa shape index (κ1) is 42.7. The third-order valence-corrected chi connectivity index (χ3v) is 10.2. The molecule has 19 unspecified atom stereocenters. The van der Waals surface area contributed by atoms with Crippen molar-refractivity contribution in [1.29, 1.82) is 0 Å². The lowest BCUT2D eigenvalue weighted by Crippen LogP contribution is -2.68. The van der Waals surface area contributed by atoms with Crippen LogP contribution in [0.15, 0.2) is 35.9 Å². The maximum atomic E-state index is 11.9. The average Bonchev–Trinajstić information content (AvgIpc) is 3.17. The maximum Gasteiger partial charge on any atom is 0.337 e. The van der Waals surface area contributed by atoms with Gasteiger partial charge in [-0.3, -0.25) is 0 Å². The monoisotopic (exact) mass is 777 g/mol. The number of carbonyl (C=O) groups excluding carboxylic acids is 1. The molecule has 3 aliphatic heterocycles. The second kappa shape index (κ2) is 18.2. The van der Waals surface area contributed by atoms with E-state index in [1.807, 2.05) is 0 Å². The molecule has 0 spiro atoms. The Bertz CT molecular complexity index is 1420. The molecule has 5 rings (SSSR count). The molecule has 4 aliphatic rings. The zero-order chi connectivity index (χ0) is 39.6. The zero-order valence-electron chi connectivity index (χ0n) is 29.7. The normalized spacial score (nSPS) is 44.3. The van der Waals surface area contributed by atoms with E-state index < -0.39 is 136 Å². The summed E-state index contributed by atoms with van der Waals surface area (Å²) in [6.45, 7) is 1.64. The van der Waals surface area contributed by atoms with Crippen molar-refractivity contribution in [2.75, 3.05) is 20.3 Å². The van der Waals surface area contributed by atoms with Gasteiger partial charge in [0, 0.05) is 0 Å². The number of hydrogen-bond donors (Lipinski definition) is 12. The Morgan fingerprint density at radius 3 is 1.87 bits per heavy atom. The lowest BCUT2D eigenvalue weighted by Gasteiger charge is -2.48. The summed E-state index contributed by atoms with van der Waals surface area (Å²) >= 11 is 0. The number of rotatable bonds is 12. The van der Waals surface area contributed by atoms with Gasteiger partial charge in [0.05, 0.1) is 44.1 Å². The zero-order valence-corrected chi connectivity index (χ0v) is 29.7. The van der Waals surface area contributed by atoms with E-state index in [1.54, 1.807) is 6.92 Å². The molecule has 1 aromatic rings. The third-order valence-electron chi connectivity index (χ3n) is 10.2. The summed E-state index contributed by atoms with van der Waals surface area (Å²) < 4.78 is 38.9. The molecule has 3 fully saturated rings. The van der Waals surface area contributed by atoms with Gasteiger partial charge in [0.2, 0.25) is 6.29 Å². The van der Waals surface area contributed by atoms with E-state index in [1.165, 1.54) is 44.4 Å². The molecule has 1 aliphatic carbocycles. The van der Waals surface area contributed by atoms with Crippen molar-refractivity contribution in [2.45, 2.75) is 137 Å². The van der Waals surface area contributed by atoms with Gasteiger partial charge in [0.15, 0.2) is 12.6 Å². The summed E-state index contributed by atoms with van der Waals surface area (Å²) in [5, 5.41) is 120. The van der Waals surface area contributed by atoms with Crippen LogP contribution in [0.2, 0.25) is 0 Å². The number of ether oxygens (including phenoxy) is 7. The molecule has 54 heavy (non-hydrogen) atoms. The Morgan fingerprint density at radius 1 is 0.741 bits per heavy atom. The quantitative estimate of drug-likeness (QED) is 0.0697. The number of nitrogens with one attached hydrogen (secondary N) is 1. The Labute approximate surface area is 309 Å². The van der Waals surface area contributed by atoms with Gasteiger partial charge in [-0.25, -0.2) is 4.79 Å². The molecule has 306 valence electrons. The van der Waals surface area contributed by atoms with Crippen LogP contribution in [0.1, 0.15) is 30.6 Å². The van der Waals surface area contributed by atoms with Crippen LogP contribution in [0.25, 0.3) is 0 Å². The summed E-state index contributed by atoms with van der Waals surface area (Å²) in [6, 6.07) is 3.72. The molecular formula is C34H51NO19. The van der Waals surface area contributed by atoms with Crippen LogP contribution in [-0.2, 0) is 28.4 Å². The molecule has 19 atom stereocenters. The van der Waals surface area contributed by atoms with Gasteiger partial charge >= 0.3 is 5.97 Å². The molecule has 1 aromatic carbocycles. The molecule has 20 heteroatoms. The van der Waals surface area contributed by atoms with Crippen LogP contribution in [-0.4, -0.2) is 199 Å². The Morgan fingerprint density at radius 2 is 1.30 bits per heavy atom. The molecule has 20 nitrogen and oxygen atoms in total. The highest BCUT2D eigenvalue weighted by Crippen LogP contribution is 2.34. The lowest BCUT2D eigenvalue weighted by atomic mass is 9.85. The van der Waals surface area contributed by atoms with Crippen LogP contribution in [0.3, 0.4) is 0 Å². The number of esters is 1. The van der Waals surface area contributed by atoms with Crippen molar-refractivity contribution in [3.63, 3.8) is 0 Å². The Kier molecular flexibility index (Phi) is 14.4. The Balaban J connectivity index is 1.22. The number of methoxy groups -OCH3 is 1. The largest absolute Gasteiger partial charge is 0.465 e. The van der Waals surface area contributed by atoms with Crippen molar-refractivity contribution >= 4 is 5.97 Å². The molecule has 0 saturated carbocycles.